The van der Waals surface area contributed by atoms with Crippen LogP contribution in [0.15, 0.2) is 41.3 Å². The van der Waals surface area contributed by atoms with Crippen LogP contribution in [-0.4, -0.2) is 55.3 Å². The van der Waals surface area contributed by atoms with Crippen LogP contribution in [0.4, 0.5) is 10.5 Å². The molecule has 0 unspecified atom stereocenters. The van der Waals surface area contributed by atoms with Gasteiger partial charge in [0, 0.05) is 11.3 Å². The summed E-state index contributed by atoms with van der Waals surface area (Å²) in [6.07, 6.45) is 1.46. The number of nitrogens with one attached hydrogen (secondary N) is 1. The van der Waals surface area contributed by atoms with E-state index in [1.54, 1.807) is 18.2 Å². The third-order valence-corrected chi connectivity index (χ3v) is 5.83. The van der Waals surface area contributed by atoms with Crippen molar-refractivity contribution in [2.75, 3.05) is 32.7 Å². The Morgan fingerprint density at radius 3 is 2.59 bits per heavy atom. The minimum absolute atomic E-state index is 0.112. The Hall–Kier alpha value is -3.79. The summed E-state index contributed by atoms with van der Waals surface area (Å²) in [4.78, 5) is 50.4. The summed E-state index contributed by atoms with van der Waals surface area (Å²) in [6.45, 7) is 2.97. The van der Waals surface area contributed by atoms with Crippen LogP contribution >= 0.6 is 11.8 Å². The van der Waals surface area contributed by atoms with Crippen LogP contribution in [0.5, 0.6) is 11.5 Å². The highest BCUT2D eigenvalue weighted by Gasteiger charge is 2.36. The van der Waals surface area contributed by atoms with Gasteiger partial charge in [0.2, 0.25) is 5.91 Å². The van der Waals surface area contributed by atoms with Crippen molar-refractivity contribution in [1.29, 1.82) is 0 Å². The van der Waals surface area contributed by atoms with Gasteiger partial charge in [-0.3, -0.25) is 19.3 Å². The Balaban J connectivity index is 1.79. The summed E-state index contributed by atoms with van der Waals surface area (Å²) in [5.41, 5.74) is 2.88. The maximum absolute atomic E-state index is 12.9. The lowest BCUT2D eigenvalue weighted by molar-refractivity contribution is -0.143. The zero-order valence-corrected chi connectivity index (χ0v) is 20.0. The average Bonchev–Trinajstić information content (AvgIpc) is 3.07. The molecule has 3 rings (SSSR count). The second-order valence-corrected chi connectivity index (χ2v) is 8.37. The molecule has 0 atom stereocenters. The van der Waals surface area contributed by atoms with Gasteiger partial charge in [0.25, 0.3) is 11.1 Å². The van der Waals surface area contributed by atoms with Crippen molar-refractivity contribution in [2.24, 2.45) is 0 Å². The molecule has 0 radical (unpaired) electrons. The molecule has 1 aliphatic rings. The van der Waals surface area contributed by atoms with E-state index in [1.165, 1.54) is 20.3 Å². The molecule has 0 aliphatic carbocycles. The largest absolute Gasteiger partial charge is 0.493 e. The van der Waals surface area contributed by atoms with Gasteiger partial charge >= 0.3 is 5.97 Å². The van der Waals surface area contributed by atoms with E-state index in [9.17, 15) is 19.2 Å². The van der Waals surface area contributed by atoms with Crippen LogP contribution in [0, 0.1) is 13.8 Å². The van der Waals surface area contributed by atoms with E-state index in [1.807, 2.05) is 32.0 Å². The number of methoxy groups -OCH3 is 2. The Morgan fingerprint density at radius 2 is 1.88 bits per heavy atom. The molecule has 0 saturated carbocycles. The van der Waals surface area contributed by atoms with Crippen LogP contribution in [-0.2, 0) is 19.1 Å². The maximum atomic E-state index is 12.9. The summed E-state index contributed by atoms with van der Waals surface area (Å²) >= 11 is 0.712. The maximum Gasteiger partial charge on any atom is 0.343 e. The number of rotatable bonds is 8. The topological polar surface area (TPSA) is 111 Å². The standard InChI is InChI=1S/C24H24N2O7S/c1-14-8-9-15(2)17(10-14)25-20(27)12-26-23(29)19(34-24(26)30)11-16-6-5-7-18(31-3)22(16)33-13-21(28)32-4/h5-11H,12-13H2,1-4H3,(H,25,27)/b19-11+. The van der Waals surface area contributed by atoms with Crippen molar-refractivity contribution in [1.82, 2.24) is 4.90 Å². The summed E-state index contributed by atoms with van der Waals surface area (Å²) in [7, 11) is 2.67. The molecule has 0 aromatic heterocycles. The van der Waals surface area contributed by atoms with Crippen LogP contribution in [0.1, 0.15) is 16.7 Å². The van der Waals surface area contributed by atoms with Crippen molar-refractivity contribution in [3.63, 3.8) is 0 Å². The summed E-state index contributed by atoms with van der Waals surface area (Å²) in [6, 6.07) is 10.6. The SMILES string of the molecule is COC(=O)COc1c(/C=C2/SC(=O)N(CC(=O)Nc3cc(C)ccc3C)C2=O)cccc1OC. The first-order valence-corrected chi connectivity index (χ1v) is 11.0. The minimum atomic E-state index is -0.604. The van der Waals surface area contributed by atoms with Crippen LogP contribution in [0.3, 0.4) is 0 Å². The van der Waals surface area contributed by atoms with E-state index in [2.05, 4.69) is 10.1 Å². The molecule has 1 fully saturated rings. The Labute approximate surface area is 201 Å². The number of para-hydroxylation sites is 1. The van der Waals surface area contributed by atoms with E-state index < -0.39 is 29.6 Å². The van der Waals surface area contributed by atoms with Crippen molar-refractivity contribution < 1.29 is 33.4 Å². The molecule has 1 saturated heterocycles. The number of imide groups is 1. The first kappa shape index (κ1) is 24.8. The van der Waals surface area contributed by atoms with Gasteiger partial charge in [-0.1, -0.05) is 24.3 Å². The zero-order valence-electron chi connectivity index (χ0n) is 19.2. The zero-order chi connectivity index (χ0) is 24.8. The van der Waals surface area contributed by atoms with Crippen molar-refractivity contribution in [2.45, 2.75) is 13.8 Å². The number of carbonyl (C=O) groups is 4. The van der Waals surface area contributed by atoms with Crippen molar-refractivity contribution in [3.8, 4) is 11.5 Å². The third-order valence-electron chi connectivity index (χ3n) is 4.92. The number of carbonyl (C=O) groups excluding carboxylic acids is 4. The highest BCUT2D eigenvalue weighted by atomic mass is 32.2. The van der Waals surface area contributed by atoms with Gasteiger partial charge in [0.1, 0.15) is 6.54 Å². The number of benzene rings is 2. The lowest BCUT2D eigenvalue weighted by Gasteiger charge is -2.14. The molecule has 2 aromatic carbocycles. The summed E-state index contributed by atoms with van der Waals surface area (Å²) in [5, 5.41) is 2.18. The van der Waals surface area contributed by atoms with E-state index >= 15 is 0 Å². The normalized spacial score (nSPS) is 14.4. The summed E-state index contributed by atoms with van der Waals surface area (Å²) < 4.78 is 15.4. The predicted octanol–water partition coefficient (Wildman–Crippen LogP) is 3.54. The Kier molecular flexibility index (Phi) is 7.95. The molecule has 0 spiro atoms. The lowest BCUT2D eigenvalue weighted by Crippen LogP contribution is -2.36. The van der Waals surface area contributed by atoms with Crippen molar-refractivity contribution >= 4 is 46.5 Å². The molecule has 1 aliphatic heterocycles. The second-order valence-electron chi connectivity index (χ2n) is 7.38. The monoisotopic (exact) mass is 484 g/mol. The molecule has 34 heavy (non-hydrogen) atoms. The number of aryl methyl sites for hydroxylation is 2. The Bertz CT molecular complexity index is 1180. The van der Waals surface area contributed by atoms with Crippen LogP contribution in [0.25, 0.3) is 6.08 Å². The molecule has 10 heteroatoms. The fourth-order valence-electron chi connectivity index (χ4n) is 3.13. The molecular weight excluding hydrogens is 460 g/mol. The van der Waals surface area contributed by atoms with Gasteiger partial charge in [-0.25, -0.2) is 4.79 Å². The third kappa shape index (κ3) is 5.76. The van der Waals surface area contributed by atoms with Crippen molar-refractivity contribution in [3.05, 3.63) is 58.0 Å². The van der Waals surface area contributed by atoms with Crippen LogP contribution in [0.2, 0.25) is 0 Å². The molecule has 3 amide bonds. The van der Waals surface area contributed by atoms with Crippen LogP contribution < -0.4 is 14.8 Å². The smallest absolute Gasteiger partial charge is 0.343 e. The van der Waals surface area contributed by atoms with Gasteiger partial charge < -0.3 is 19.5 Å². The van der Waals surface area contributed by atoms with Gasteiger partial charge in [-0.15, -0.1) is 0 Å². The first-order valence-electron chi connectivity index (χ1n) is 10.2. The van der Waals surface area contributed by atoms with Gasteiger partial charge in [-0.05, 0) is 54.9 Å². The van der Waals surface area contributed by atoms with Gasteiger partial charge in [-0.2, -0.15) is 0 Å². The molecule has 2 aromatic rings. The minimum Gasteiger partial charge on any atom is -0.493 e. The summed E-state index contributed by atoms with van der Waals surface area (Å²) in [5.74, 6) is -1.12. The van der Waals surface area contributed by atoms with Gasteiger partial charge in [0.15, 0.2) is 18.1 Å². The predicted molar refractivity (Wildman–Crippen MR) is 128 cm³/mol. The lowest BCUT2D eigenvalue weighted by atomic mass is 10.1. The average molecular weight is 485 g/mol. The number of hydrogen-bond acceptors (Lipinski definition) is 8. The first-order chi connectivity index (χ1) is 16.2. The van der Waals surface area contributed by atoms with E-state index in [4.69, 9.17) is 9.47 Å². The van der Waals surface area contributed by atoms with E-state index in [0.29, 0.717) is 28.8 Å². The number of nitrogens with zero attached hydrogens (tertiary/aromatic N) is 1. The number of esters is 1. The van der Waals surface area contributed by atoms with E-state index in [-0.39, 0.29) is 17.3 Å². The quantitative estimate of drug-likeness (QED) is 0.447. The molecule has 178 valence electrons. The molecule has 1 N–H and O–H groups in total. The molecular formula is C24H24N2O7S. The number of hydrogen-bond donors (Lipinski definition) is 1. The highest BCUT2D eigenvalue weighted by Crippen LogP contribution is 2.37. The molecule has 1 heterocycles. The Morgan fingerprint density at radius 1 is 1.12 bits per heavy atom. The highest BCUT2D eigenvalue weighted by molar-refractivity contribution is 8.18. The van der Waals surface area contributed by atoms with Gasteiger partial charge in [0.05, 0.1) is 19.1 Å². The second kappa shape index (κ2) is 10.9. The number of anilines is 1. The molecule has 0 bridgehead atoms. The fraction of sp³-hybridized carbons (Fsp3) is 0.250. The number of thioether (sulfide) groups is 1. The van der Waals surface area contributed by atoms with E-state index in [0.717, 1.165) is 16.0 Å². The number of amides is 3. The number of ether oxygens (including phenoxy) is 3. The fourth-order valence-corrected chi connectivity index (χ4v) is 3.96. The molecule has 9 nitrogen and oxygen atoms in total.